The quantitative estimate of drug-likeness (QED) is 0.473. The zero-order valence-corrected chi connectivity index (χ0v) is 15.2. The lowest BCUT2D eigenvalue weighted by Gasteiger charge is -2.14. The first-order valence-corrected chi connectivity index (χ1v) is 8.04. The first-order chi connectivity index (χ1) is 13.0. The average molecular weight is 377 g/mol. The largest absolute Gasteiger partial charge is 0.493 e. The van der Waals surface area contributed by atoms with Crippen LogP contribution in [0.3, 0.4) is 0 Å². The summed E-state index contributed by atoms with van der Waals surface area (Å²) in [6.45, 7) is 2.12. The van der Waals surface area contributed by atoms with Gasteiger partial charge in [-0.1, -0.05) is 36.4 Å². The van der Waals surface area contributed by atoms with Gasteiger partial charge in [-0.2, -0.15) is 0 Å². The number of carbonyl (C=O) groups is 2. The number of aliphatic carboxylic acids is 2. The van der Waals surface area contributed by atoms with Crippen LogP contribution in [-0.2, 0) is 16.1 Å². The normalized spacial score (nSPS) is 9.56. The maximum Gasteiger partial charge on any atom is 0.414 e. The minimum atomic E-state index is -1.82. The molecule has 3 N–H and O–H groups in total. The summed E-state index contributed by atoms with van der Waals surface area (Å²) >= 11 is 0. The monoisotopic (exact) mass is 377 g/mol. The van der Waals surface area contributed by atoms with E-state index in [9.17, 15) is 0 Å². The molecule has 2 aromatic carbocycles. The molecule has 0 spiro atoms. The van der Waals surface area contributed by atoms with Gasteiger partial charge in [-0.3, -0.25) is 0 Å². The van der Waals surface area contributed by atoms with Gasteiger partial charge in [-0.25, -0.2) is 9.59 Å². The molecule has 0 bridgehead atoms. The van der Waals surface area contributed by atoms with Crippen molar-refractivity contribution in [3.63, 3.8) is 0 Å². The fourth-order valence-corrected chi connectivity index (χ4v) is 2.01. The molecule has 2 rings (SSSR count). The van der Waals surface area contributed by atoms with Crippen LogP contribution in [0.5, 0.6) is 17.2 Å². The van der Waals surface area contributed by atoms with Crippen molar-refractivity contribution in [2.45, 2.75) is 6.54 Å². The second-order valence-electron chi connectivity index (χ2n) is 5.11. The molecular weight excluding hydrogens is 354 g/mol. The average Bonchev–Trinajstić information content (AvgIpc) is 2.68. The molecule has 0 radical (unpaired) electrons. The highest BCUT2D eigenvalue weighted by molar-refractivity contribution is 6.27. The number of benzene rings is 2. The molecular formula is C19H23NO7. The first kappa shape index (κ1) is 21.8. The van der Waals surface area contributed by atoms with Crippen LogP contribution in [0.1, 0.15) is 5.56 Å². The van der Waals surface area contributed by atoms with Gasteiger partial charge < -0.3 is 29.7 Å². The maximum atomic E-state index is 9.10. The van der Waals surface area contributed by atoms with E-state index in [1.54, 1.807) is 14.2 Å². The highest BCUT2D eigenvalue weighted by Gasteiger charge is 2.10. The molecule has 0 aromatic heterocycles. The van der Waals surface area contributed by atoms with Crippen molar-refractivity contribution in [3.8, 4) is 17.2 Å². The summed E-state index contributed by atoms with van der Waals surface area (Å²) in [5, 5.41) is 18.1. The summed E-state index contributed by atoms with van der Waals surface area (Å²) in [5.74, 6) is -1.65. The SMILES string of the molecule is COc1cccc(OC)c1OCCNCc1ccccc1.O=C(O)C(=O)O. The van der Waals surface area contributed by atoms with E-state index in [0.717, 1.165) is 13.1 Å². The Bertz CT molecular complexity index is 685. The highest BCUT2D eigenvalue weighted by atomic mass is 16.5. The molecule has 0 amide bonds. The van der Waals surface area contributed by atoms with Gasteiger partial charge in [0.2, 0.25) is 5.75 Å². The van der Waals surface area contributed by atoms with E-state index in [-0.39, 0.29) is 0 Å². The van der Waals surface area contributed by atoms with Crippen molar-refractivity contribution < 1.29 is 34.0 Å². The second-order valence-corrected chi connectivity index (χ2v) is 5.11. The number of rotatable bonds is 8. The summed E-state index contributed by atoms with van der Waals surface area (Å²) in [7, 11) is 3.24. The number of carboxylic acids is 2. The molecule has 8 nitrogen and oxygen atoms in total. The lowest BCUT2D eigenvalue weighted by atomic mass is 10.2. The Labute approximate surface area is 157 Å². The third-order valence-corrected chi connectivity index (χ3v) is 3.26. The molecule has 8 heteroatoms. The molecule has 27 heavy (non-hydrogen) atoms. The number of ether oxygens (including phenoxy) is 3. The van der Waals surface area contributed by atoms with Crippen molar-refractivity contribution in [2.24, 2.45) is 0 Å². The summed E-state index contributed by atoms with van der Waals surface area (Å²) in [6, 6.07) is 15.9. The van der Waals surface area contributed by atoms with E-state index < -0.39 is 11.9 Å². The predicted octanol–water partition coefficient (Wildman–Crippen LogP) is 2.03. The molecule has 0 aliphatic heterocycles. The topological polar surface area (TPSA) is 114 Å². The number of para-hydroxylation sites is 1. The Balaban J connectivity index is 0.000000527. The van der Waals surface area contributed by atoms with Gasteiger partial charge in [0, 0.05) is 13.1 Å². The molecule has 0 atom stereocenters. The number of carboxylic acid groups (broad SMARTS) is 2. The number of methoxy groups -OCH3 is 2. The minimum Gasteiger partial charge on any atom is -0.493 e. The van der Waals surface area contributed by atoms with Gasteiger partial charge in [-0.05, 0) is 17.7 Å². The molecule has 0 fully saturated rings. The second kappa shape index (κ2) is 12.2. The van der Waals surface area contributed by atoms with E-state index in [1.165, 1.54) is 5.56 Å². The van der Waals surface area contributed by atoms with Crippen LogP contribution in [0.15, 0.2) is 48.5 Å². The van der Waals surface area contributed by atoms with Crippen LogP contribution in [-0.4, -0.2) is 49.5 Å². The number of hydrogen-bond acceptors (Lipinski definition) is 6. The Morgan fingerprint density at radius 3 is 1.93 bits per heavy atom. The number of hydrogen-bond donors (Lipinski definition) is 3. The van der Waals surface area contributed by atoms with Crippen LogP contribution >= 0.6 is 0 Å². The smallest absolute Gasteiger partial charge is 0.414 e. The van der Waals surface area contributed by atoms with Gasteiger partial charge in [-0.15, -0.1) is 0 Å². The molecule has 0 aliphatic carbocycles. The summed E-state index contributed by atoms with van der Waals surface area (Å²) in [6.07, 6.45) is 0. The van der Waals surface area contributed by atoms with Crippen molar-refractivity contribution >= 4 is 11.9 Å². The molecule has 2 aromatic rings. The Hall–Kier alpha value is -3.26. The molecule has 0 saturated carbocycles. The molecule has 0 saturated heterocycles. The number of nitrogens with one attached hydrogen (secondary N) is 1. The minimum absolute atomic E-state index is 0.545. The zero-order valence-electron chi connectivity index (χ0n) is 15.2. The van der Waals surface area contributed by atoms with E-state index >= 15 is 0 Å². The van der Waals surface area contributed by atoms with E-state index in [1.807, 2.05) is 36.4 Å². The Morgan fingerprint density at radius 1 is 0.889 bits per heavy atom. The van der Waals surface area contributed by atoms with Gasteiger partial charge in [0.05, 0.1) is 14.2 Å². The van der Waals surface area contributed by atoms with Gasteiger partial charge >= 0.3 is 11.9 Å². The lowest BCUT2D eigenvalue weighted by molar-refractivity contribution is -0.159. The molecule has 0 heterocycles. The zero-order chi connectivity index (χ0) is 20.1. The summed E-state index contributed by atoms with van der Waals surface area (Å²) < 4.78 is 16.4. The van der Waals surface area contributed by atoms with Crippen LogP contribution in [0.25, 0.3) is 0 Å². The van der Waals surface area contributed by atoms with E-state index in [2.05, 4.69) is 17.4 Å². The van der Waals surface area contributed by atoms with Crippen LogP contribution in [0.2, 0.25) is 0 Å². The van der Waals surface area contributed by atoms with Gasteiger partial charge in [0.1, 0.15) is 6.61 Å². The van der Waals surface area contributed by atoms with Crippen LogP contribution < -0.4 is 19.5 Å². The van der Waals surface area contributed by atoms with Gasteiger partial charge in [0.25, 0.3) is 0 Å². The van der Waals surface area contributed by atoms with Crippen LogP contribution in [0.4, 0.5) is 0 Å². The molecule has 0 aliphatic rings. The first-order valence-electron chi connectivity index (χ1n) is 8.04. The Morgan fingerprint density at radius 2 is 1.44 bits per heavy atom. The third kappa shape index (κ3) is 8.10. The highest BCUT2D eigenvalue weighted by Crippen LogP contribution is 2.36. The van der Waals surface area contributed by atoms with Crippen molar-refractivity contribution in [2.75, 3.05) is 27.4 Å². The van der Waals surface area contributed by atoms with E-state index in [4.69, 9.17) is 34.0 Å². The third-order valence-electron chi connectivity index (χ3n) is 3.26. The van der Waals surface area contributed by atoms with Crippen molar-refractivity contribution in [3.05, 3.63) is 54.1 Å². The van der Waals surface area contributed by atoms with E-state index in [0.29, 0.717) is 23.9 Å². The fourth-order valence-electron chi connectivity index (χ4n) is 2.01. The fraction of sp³-hybridized carbons (Fsp3) is 0.263. The molecule has 146 valence electrons. The van der Waals surface area contributed by atoms with Crippen LogP contribution in [0, 0.1) is 0 Å². The maximum absolute atomic E-state index is 9.10. The summed E-state index contributed by atoms with van der Waals surface area (Å²) in [4.78, 5) is 18.2. The van der Waals surface area contributed by atoms with Crippen molar-refractivity contribution in [1.29, 1.82) is 0 Å². The Kier molecular flexibility index (Phi) is 9.80. The molecule has 0 unspecified atom stereocenters. The predicted molar refractivity (Wildman–Crippen MR) is 98.5 cm³/mol. The summed E-state index contributed by atoms with van der Waals surface area (Å²) in [5.41, 5.74) is 1.26. The van der Waals surface area contributed by atoms with Crippen molar-refractivity contribution in [1.82, 2.24) is 5.32 Å². The standard InChI is InChI=1S/C17H21NO3.C2H2O4/c1-19-15-9-6-10-16(20-2)17(15)21-12-11-18-13-14-7-4-3-5-8-14;3-1(4)2(5)6/h3-10,18H,11-13H2,1-2H3;(H,3,4)(H,5,6). The lowest BCUT2D eigenvalue weighted by Crippen LogP contribution is -2.20. The van der Waals surface area contributed by atoms with Gasteiger partial charge in [0.15, 0.2) is 11.5 Å².